The molecule has 58 valence electrons. The Bertz CT molecular complexity index is 140. The van der Waals surface area contributed by atoms with Gasteiger partial charge in [0.15, 0.2) is 6.04 Å². The number of alkyl halides is 3. The van der Waals surface area contributed by atoms with E-state index in [2.05, 4.69) is 0 Å². The monoisotopic (exact) mass is 153 g/mol. The smallest absolute Gasteiger partial charge is 0.168 e. The summed E-state index contributed by atoms with van der Waals surface area (Å²) in [7, 11) is 0. The van der Waals surface area contributed by atoms with Crippen molar-refractivity contribution in [1.29, 1.82) is 0 Å². The third-order valence-electron chi connectivity index (χ3n) is 1.52. The first-order valence-corrected chi connectivity index (χ1v) is 2.95. The summed E-state index contributed by atoms with van der Waals surface area (Å²) in [5.74, 6) is -0.530. The van der Waals surface area contributed by atoms with Crippen LogP contribution in [0.3, 0.4) is 0 Å². The number of nitrogens with zero attached hydrogens (tertiary/aromatic N) is 1. The van der Waals surface area contributed by atoms with E-state index in [1.54, 1.807) is 0 Å². The maximum Gasteiger partial charge on any atom is 0.414 e. The fourth-order valence-electron chi connectivity index (χ4n) is 0.825. The third kappa shape index (κ3) is 1.46. The topological polar surface area (TPSA) is 29.4 Å². The molecular weight excluding hydrogens is 147 g/mol. The Morgan fingerprint density at radius 2 is 1.90 bits per heavy atom. The highest BCUT2D eigenvalue weighted by Gasteiger charge is 2.50. The van der Waals surface area contributed by atoms with E-state index in [0.29, 0.717) is 12.8 Å². The highest BCUT2D eigenvalue weighted by molar-refractivity contribution is 4.90. The minimum absolute atomic E-state index is 0.482. The van der Waals surface area contributed by atoms with Gasteiger partial charge in [-0.1, -0.05) is 5.18 Å². The molecule has 2 nitrogen and oxygen atoms in total. The summed E-state index contributed by atoms with van der Waals surface area (Å²) in [6, 6.07) is -1.95. The van der Waals surface area contributed by atoms with Crippen molar-refractivity contribution >= 4 is 0 Å². The Kier molecular flexibility index (Phi) is 1.66. The van der Waals surface area contributed by atoms with E-state index in [9.17, 15) is 18.1 Å². The van der Waals surface area contributed by atoms with Gasteiger partial charge in [-0.05, 0) is 18.8 Å². The molecule has 0 spiro atoms. The van der Waals surface area contributed by atoms with Gasteiger partial charge in [0.05, 0.1) is 0 Å². The summed E-state index contributed by atoms with van der Waals surface area (Å²) < 4.78 is 35.2. The van der Waals surface area contributed by atoms with Crippen molar-refractivity contribution < 1.29 is 13.2 Å². The van der Waals surface area contributed by atoms with Crippen LogP contribution in [-0.4, -0.2) is 12.2 Å². The van der Waals surface area contributed by atoms with Crippen LogP contribution in [0.15, 0.2) is 5.18 Å². The first-order valence-electron chi connectivity index (χ1n) is 2.95. The SMILES string of the molecule is O=NC(C1CC1)C(F)(F)F. The fraction of sp³-hybridized carbons (Fsp3) is 1.00. The van der Waals surface area contributed by atoms with Gasteiger partial charge in [-0.2, -0.15) is 18.1 Å². The molecule has 1 fully saturated rings. The molecule has 0 aromatic heterocycles. The average molecular weight is 153 g/mol. The molecule has 1 aliphatic carbocycles. The second-order valence-corrected chi connectivity index (χ2v) is 2.43. The summed E-state index contributed by atoms with van der Waals surface area (Å²) in [5, 5.41) is 2.05. The van der Waals surface area contributed by atoms with E-state index < -0.39 is 18.1 Å². The van der Waals surface area contributed by atoms with Gasteiger partial charge in [-0.3, -0.25) is 0 Å². The first kappa shape index (κ1) is 7.50. The van der Waals surface area contributed by atoms with Crippen LogP contribution in [-0.2, 0) is 0 Å². The molecule has 0 aromatic rings. The number of nitroso groups, excluding NO2 is 1. The van der Waals surface area contributed by atoms with E-state index in [-0.39, 0.29) is 0 Å². The second-order valence-electron chi connectivity index (χ2n) is 2.43. The van der Waals surface area contributed by atoms with Crippen LogP contribution in [0.25, 0.3) is 0 Å². The molecule has 5 heteroatoms. The molecule has 10 heavy (non-hydrogen) atoms. The Hall–Kier alpha value is -0.610. The predicted octanol–water partition coefficient (Wildman–Crippen LogP) is 2.09. The van der Waals surface area contributed by atoms with Crippen LogP contribution in [0, 0.1) is 10.8 Å². The van der Waals surface area contributed by atoms with Gasteiger partial charge in [0.1, 0.15) is 0 Å². The van der Waals surface area contributed by atoms with Crippen molar-refractivity contribution in [2.24, 2.45) is 11.1 Å². The highest BCUT2D eigenvalue weighted by atomic mass is 19.4. The van der Waals surface area contributed by atoms with Gasteiger partial charge in [-0.25, -0.2) is 0 Å². The highest BCUT2D eigenvalue weighted by Crippen LogP contribution is 2.41. The molecule has 1 unspecified atom stereocenters. The molecule has 0 heterocycles. The van der Waals surface area contributed by atoms with Gasteiger partial charge in [0.2, 0.25) is 0 Å². The molecule has 1 rings (SSSR count). The van der Waals surface area contributed by atoms with Crippen LogP contribution < -0.4 is 0 Å². The number of hydrogen-bond acceptors (Lipinski definition) is 2. The number of halogens is 3. The molecular formula is C5H6F3NO. The maximum atomic E-state index is 11.7. The lowest BCUT2D eigenvalue weighted by Crippen LogP contribution is -2.28. The Balaban J connectivity index is 2.54. The Morgan fingerprint density at radius 1 is 1.40 bits per heavy atom. The van der Waals surface area contributed by atoms with Crippen LogP contribution in [0.4, 0.5) is 13.2 Å². The van der Waals surface area contributed by atoms with Gasteiger partial charge in [0.25, 0.3) is 0 Å². The van der Waals surface area contributed by atoms with Gasteiger partial charge < -0.3 is 0 Å². The van der Waals surface area contributed by atoms with E-state index in [0.717, 1.165) is 0 Å². The molecule has 0 bridgehead atoms. The van der Waals surface area contributed by atoms with E-state index >= 15 is 0 Å². The second kappa shape index (κ2) is 2.21. The Morgan fingerprint density at radius 3 is 2.00 bits per heavy atom. The average Bonchev–Trinajstić information content (AvgIpc) is 2.46. The summed E-state index contributed by atoms with van der Waals surface area (Å²) in [5.41, 5.74) is 0. The van der Waals surface area contributed by atoms with Crippen molar-refractivity contribution in [2.75, 3.05) is 0 Å². The summed E-state index contributed by atoms with van der Waals surface area (Å²) in [4.78, 5) is 9.66. The molecule has 0 amide bonds. The van der Waals surface area contributed by atoms with E-state index in [1.807, 2.05) is 5.18 Å². The van der Waals surface area contributed by atoms with Crippen LogP contribution in [0.5, 0.6) is 0 Å². The lowest BCUT2D eigenvalue weighted by Gasteiger charge is -2.10. The predicted molar refractivity (Wildman–Crippen MR) is 28.4 cm³/mol. The number of rotatable bonds is 2. The van der Waals surface area contributed by atoms with Gasteiger partial charge in [-0.15, -0.1) is 0 Å². The Labute approximate surface area is 55.4 Å². The van der Waals surface area contributed by atoms with E-state index in [4.69, 9.17) is 0 Å². The standard InChI is InChI=1S/C5H6F3NO/c6-5(7,8)4(9-10)3-1-2-3/h3-4H,1-2H2. The van der Waals surface area contributed by atoms with E-state index in [1.165, 1.54) is 0 Å². The summed E-state index contributed by atoms with van der Waals surface area (Å²) >= 11 is 0. The first-order chi connectivity index (χ1) is 4.55. The molecule has 1 atom stereocenters. The maximum absolute atomic E-state index is 11.7. The van der Waals surface area contributed by atoms with Crippen molar-refractivity contribution in [3.63, 3.8) is 0 Å². The van der Waals surface area contributed by atoms with Crippen LogP contribution >= 0.6 is 0 Å². The summed E-state index contributed by atoms with van der Waals surface area (Å²) in [6.45, 7) is 0. The molecule has 1 saturated carbocycles. The third-order valence-corrected chi connectivity index (χ3v) is 1.52. The van der Waals surface area contributed by atoms with Gasteiger partial charge >= 0.3 is 6.18 Å². The molecule has 0 N–H and O–H groups in total. The summed E-state index contributed by atoms with van der Waals surface area (Å²) in [6.07, 6.45) is -3.46. The molecule has 0 aliphatic heterocycles. The van der Waals surface area contributed by atoms with Crippen molar-refractivity contribution in [3.05, 3.63) is 4.91 Å². The van der Waals surface area contributed by atoms with Crippen LogP contribution in [0.2, 0.25) is 0 Å². The molecule has 0 aromatic carbocycles. The quantitative estimate of drug-likeness (QED) is 0.558. The lowest BCUT2D eigenvalue weighted by atomic mass is 10.2. The number of hydrogen-bond donors (Lipinski definition) is 0. The zero-order valence-corrected chi connectivity index (χ0v) is 5.06. The minimum atomic E-state index is -4.43. The molecule has 1 aliphatic rings. The van der Waals surface area contributed by atoms with Crippen molar-refractivity contribution in [1.82, 2.24) is 0 Å². The van der Waals surface area contributed by atoms with Crippen molar-refractivity contribution in [3.8, 4) is 0 Å². The fourth-order valence-corrected chi connectivity index (χ4v) is 0.825. The minimum Gasteiger partial charge on any atom is -0.168 e. The normalized spacial score (nSPS) is 22.3. The zero-order valence-electron chi connectivity index (χ0n) is 5.06. The lowest BCUT2D eigenvalue weighted by molar-refractivity contribution is -0.151. The van der Waals surface area contributed by atoms with Crippen molar-refractivity contribution in [2.45, 2.75) is 25.1 Å². The van der Waals surface area contributed by atoms with Crippen LogP contribution in [0.1, 0.15) is 12.8 Å². The molecule has 0 radical (unpaired) electrons. The molecule has 0 saturated heterocycles. The zero-order chi connectivity index (χ0) is 7.78. The largest absolute Gasteiger partial charge is 0.414 e. The van der Waals surface area contributed by atoms with Gasteiger partial charge in [0, 0.05) is 0 Å².